The standard InChI is InChI=1S/C14H9ClN2S/c15-10-5-6-13-11(7-10)16-14-17(13)12-4-2-1-3-9(12)8-18-14/h1-7H,8H2. The highest BCUT2D eigenvalue weighted by molar-refractivity contribution is 7.98. The molecule has 4 rings (SSSR count). The van der Waals surface area contributed by atoms with Gasteiger partial charge in [-0.1, -0.05) is 41.6 Å². The van der Waals surface area contributed by atoms with Crippen LogP contribution in [0.15, 0.2) is 47.6 Å². The molecule has 0 radical (unpaired) electrons. The zero-order chi connectivity index (χ0) is 12.1. The van der Waals surface area contributed by atoms with Crippen molar-refractivity contribution in [2.24, 2.45) is 0 Å². The summed E-state index contributed by atoms with van der Waals surface area (Å²) in [6, 6.07) is 14.4. The van der Waals surface area contributed by atoms with Crippen LogP contribution in [0.5, 0.6) is 0 Å². The smallest absolute Gasteiger partial charge is 0.174 e. The second-order valence-corrected chi connectivity index (χ2v) is 5.66. The minimum Gasteiger partial charge on any atom is -0.287 e. The largest absolute Gasteiger partial charge is 0.287 e. The van der Waals surface area contributed by atoms with Crippen LogP contribution >= 0.6 is 23.4 Å². The number of aromatic nitrogens is 2. The first kappa shape index (κ1) is 10.5. The molecule has 0 saturated heterocycles. The van der Waals surface area contributed by atoms with E-state index in [2.05, 4.69) is 33.8 Å². The van der Waals surface area contributed by atoms with Crippen molar-refractivity contribution in [3.63, 3.8) is 0 Å². The van der Waals surface area contributed by atoms with Gasteiger partial charge >= 0.3 is 0 Å². The van der Waals surface area contributed by atoms with Crippen molar-refractivity contribution in [1.29, 1.82) is 0 Å². The molecule has 2 heterocycles. The lowest BCUT2D eigenvalue weighted by Gasteiger charge is -2.18. The fraction of sp³-hybridized carbons (Fsp3) is 0.0714. The third-order valence-corrected chi connectivity index (χ3v) is 4.40. The van der Waals surface area contributed by atoms with Gasteiger partial charge in [0.15, 0.2) is 5.16 Å². The molecule has 0 atom stereocenters. The van der Waals surface area contributed by atoms with Crippen LogP contribution in [-0.2, 0) is 5.75 Å². The number of fused-ring (bicyclic) bond motifs is 5. The van der Waals surface area contributed by atoms with Crippen LogP contribution in [0.3, 0.4) is 0 Å². The summed E-state index contributed by atoms with van der Waals surface area (Å²) in [6.45, 7) is 0. The van der Waals surface area contributed by atoms with Gasteiger partial charge in [0, 0.05) is 10.8 Å². The second-order valence-electron chi connectivity index (χ2n) is 4.28. The highest BCUT2D eigenvalue weighted by Crippen LogP contribution is 2.37. The van der Waals surface area contributed by atoms with Gasteiger partial charge < -0.3 is 0 Å². The minimum atomic E-state index is 0.733. The molecule has 2 nitrogen and oxygen atoms in total. The SMILES string of the molecule is Clc1ccc2c(c1)nc1n2-c2ccccc2CS1. The van der Waals surface area contributed by atoms with E-state index in [9.17, 15) is 0 Å². The minimum absolute atomic E-state index is 0.733. The van der Waals surface area contributed by atoms with E-state index in [0.717, 1.165) is 27.0 Å². The maximum atomic E-state index is 6.03. The van der Waals surface area contributed by atoms with E-state index in [4.69, 9.17) is 11.6 Å². The molecule has 88 valence electrons. The van der Waals surface area contributed by atoms with E-state index in [-0.39, 0.29) is 0 Å². The molecule has 2 aromatic carbocycles. The summed E-state index contributed by atoms with van der Waals surface area (Å²) in [6.07, 6.45) is 0. The van der Waals surface area contributed by atoms with E-state index in [0.29, 0.717) is 0 Å². The number of para-hydroxylation sites is 1. The van der Waals surface area contributed by atoms with Crippen molar-refractivity contribution in [2.75, 3.05) is 0 Å². The highest BCUT2D eigenvalue weighted by Gasteiger charge is 2.19. The van der Waals surface area contributed by atoms with Crippen molar-refractivity contribution >= 4 is 34.4 Å². The molecular weight excluding hydrogens is 264 g/mol. The summed E-state index contributed by atoms with van der Waals surface area (Å²) in [7, 11) is 0. The van der Waals surface area contributed by atoms with Gasteiger partial charge in [-0.25, -0.2) is 4.98 Å². The predicted octanol–water partition coefficient (Wildman–Crippen LogP) is 4.28. The molecule has 4 heteroatoms. The Morgan fingerprint density at radius 1 is 1.17 bits per heavy atom. The fourth-order valence-corrected chi connectivity index (χ4v) is 3.54. The van der Waals surface area contributed by atoms with Crippen molar-refractivity contribution < 1.29 is 0 Å². The Balaban J connectivity index is 2.11. The van der Waals surface area contributed by atoms with Crippen molar-refractivity contribution in [3.8, 4) is 5.69 Å². The zero-order valence-corrected chi connectivity index (χ0v) is 11.0. The van der Waals surface area contributed by atoms with Crippen LogP contribution in [0.25, 0.3) is 16.7 Å². The number of thioether (sulfide) groups is 1. The van der Waals surface area contributed by atoms with E-state index >= 15 is 0 Å². The van der Waals surface area contributed by atoms with Crippen molar-refractivity contribution in [1.82, 2.24) is 9.55 Å². The number of imidazole rings is 1. The molecule has 0 bridgehead atoms. The molecule has 0 amide bonds. The summed E-state index contributed by atoms with van der Waals surface area (Å²) < 4.78 is 2.22. The quantitative estimate of drug-likeness (QED) is 0.608. The van der Waals surface area contributed by atoms with Crippen LogP contribution in [0.2, 0.25) is 5.02 Å². The van der Waals surface area contributed by atoms with E-state index in [1.165, 1.54) is 11.3 Å². The van der Waals surface area contributed by atoms with Gasteiger partial charge in [-0.05, 0) is 29.8 Å². The number of hydrogen-bond donors (Lipinski definition) is 0. The van der Waals surface area contributed by atoms with Crippen LogP contribution < -0.4 is 0 Å². The summed E-state index contributed by atoms with van der Waals surface area (Å²) >= 11 is 7.80. The molecule has 1 aliphatic heterocycles. The summed E-state index contributed by atoms with van der Waals surface area (Å²) in [5.74, 6) is 0.979. The van der Waals surface area contributed by atoms with E-state index < -0.39 is 0 Å². The molecule has 1 aromatic heterocycles. The van der Waals surface area contributed by atoms with Gasteiger partial charge in [0.1, 0.15) is 0 Å². The van der Waals surface area contributed by atoms with Gasteiger partial charge in [0.2, 0.25) is 0 Å². The Labute approximate surface area is 114 Å². The number of hydrogen-bond acceptors (Lipinski definition) is 2. The lowest BCUT2D eigenvalue weighted by Crippen LogP contribution is -2.05. The average molecular weight is 273 g/mol. The molecule has 1 aliphatic rings. The molecule has 0 aliphatic carbocycles. The van der Waals surface area contributed by atoms with Crippen LogP contribution in [0.4, 0.5) is 0 Å². The molecular formula is C14H9ClN2S. The lowest BCUT2D eigenvalue weighted by atomic mass is 10.2. The zero-order valence-electron chi connectivity index (χ0n) is 9.43. The topological polar surface area (TPSA) is 17.8 Å². The van der Waals surface area contributed by atoms with E-state index in [1.54, 1.807) is 11.8 Å². The highest BCUT2D eigenvalue weighted by atomic mass is 35.5. The van der Waals surface area contributed by atoms with Gasteiger partial charge in [-0.2, -0.15) is 0 Å². The Morgan fingerprint density at radius 2 is 2.06 bits per heavy atom. The summed E-state index contributed by atoms with van der Waals surface area (Å²) in [5.41, 5.74) is 4.66. The van der Waals surface area contributed by atoms with Crippen LogP contribution in [0, 0.1) is 0 Å². The summed E-state index contributed by atoms with van der Waals surface area (Å²) in [5, 5.41) is 1.78. The molecule has 0 spiro atoms. The predicted molar refractivity (Wildman–Crippen MR) is 75.6 cm³/mol. The first-order valence-electron chi connectivity index (χ1n) is 5.72. The van der Waals surface area contributed by atoms with Crippen LogP contribution in [-0.4, -0.2) is 9.55 Å². The van der Waals surface area contributed by atoms with Crippen molar-refractivity contribution in [2.45, 2.75) is 10.9 Å². The average Bonchev–Trinajstić information content (AvgIpc) is 2.76. The number of halogens is 1. The Kier molecular flexibility index (Phi) is 2.19. The Hall–Kier alpha value is -1.45. The Morgan fingerprint density at radius 3 is 3.00 bits per heavy atom. The Bertz CT molecular complexity index is 764. The molecule has 0 unspecified atom stereocenters. The van der Waals surface area contributed by atoms with Gasteiger partial charge in [0.25, 0.3) is 0 Å². The first-order valence-corrected chi connectivity index (χ1v) is 7.08. The fourth-order valence-electron chi connectivity index (χ4n) is 2.35. The van der Waals surface area contributed by atoms with Crippen LogP contribution in [0.1, 0.15) is 5.56 Å². The van der Waals surface area contributed by atoms with Gasteiger partial charge in [-0.3, -0.25) is 4.57 Å². The van der Waals surface area contributed by atoms with Crippen molar-refractivity contribution in [3.05, 3.63) is 53.1 Å². The molecule has 0 N–H and O–H groups in total. The third kappa shape index (κ3) is 1.41. The molecule has 0 saturated carbocycles. The van der Waals surface area contributed by atoms with Gasteiger partial charge in [-0.15, -0.1) is 0 Å². The maximum absolute atomic E-state index is 6.03. The molecule has 0 fully saturated rings. The van der Waals surface area contributed by atoms with E-state index in [1.807, 2.05) is 18.2 Å². The summed E-state index contributed by atoms with van der Waals surface area (Å²) in [4.78, 5) is 4.65. The number of benzene rings is 2. The third-order valence-electron chi connectivity index (χ3n) is 3.18. The second kappa shape index (κ2) is 3.77. The monoisotopic (exact) mass is 272 g/mol. The molecule has 3 aromatic rings. The maximum Gasteiger partial charge on any atom is 0.174 e. The lowest BCUT2D eigenvalue weighted by molar-refractivity contribution is 0.894. The number of nitrogens with zero attached hydrogens (tertiary/aromatic N) is 2. The first-order chi connectivity index (χ1) is 8.83. The van der Waals surface area contributed by atoms with Gasteiger partial charge in [0.05, 0.1) is 16.7 Å². The number of rotatable bonds is 0. The molecule has 18 heavy (non-hydrogen) atoms. The normalized spacial score (nSPS) is 13.4.